The minimum Gasteiger partial charge on any atom is -0.493 e. The summed E-state index contributed by atoms with van der Waals surface area (Å²) in [6, 6.07) is 15.8. The molecule has 0 saturated heterocycles. The molecule has 1 aliphatic heterocycles. The second-order valence-electron chi connectivity index (χ2n) is 10.8. The molecule has 0 bridgehead atoms. The van der Waals surface area contributed by atoms with Crippen LogP contribution >= 0.6 is 45.5 Å². The molecule has 1 aromatic heterocycles. The number of allylic oxidation sites excluding steroid dienone is 1. The Balaban J connectivity index is 1.59. The van der Waals surface area contributed by atoms with Gasteiger partial charge >= 0.3 is 5.97 Å². The van der Waals surface area contributed by atoms with Gasteiger partial charge in [0, 0.05) is 5.02 Å². The number of hydrogen-bond donors (Lipinski definition) is 0. The molecule has 12 heteroatoms. The van der Waals surface area contributed by atoms with Crippen molar-refractivity contribution in [3.8, 4) is 23.0 Å². The maximum Gasteiger partial charge on any atom is 0.338 e. The molecule has 0 N–H and O–H groups in total. The van der Waals surface area contributed by atoms with Crippen molar-refractivity contribution in [1.82, 2.24) is 4.57 Å². The van der Waals surface area contributed by atoms with Crippen molar-refractivity contribution in [3.63, 3.8) is 0 Å². The molecule has 47 heavy (non-hydrogen) atoms. The average Bonchev–Trinajstić information content (AvgIpc) is 3.34. The van der Waals surface area contributed by atoms with Crippen molar-refractivity contribution in [2.45, 2.75) is 46.4 Å². The molecular weight excluding hydrogens is 755 g/mol. The fourth-order valence-electron chi connectivity index (χ4n) is 5.16. The molecule has 4 aromatic rings. The van der Waals surface area contributed by atoms with Crippen LogP contribution in [0.25, 0.3) is 6.08 Å². The van der Waals surface area contributed by atoms with Crippen LogP contribution < -0.4 is 33.8 Å². The van der Waals surface area contributed by atoms with Gasteiger partial charge in [-0.3, -0.25) is 9.36 Å². The smallest absolute Gasteiger partial charge is 0.338 e. The Morgan fingerprint density at radius 3 is 2.45 bits per heavy atom. The van der Waals surface area contributed by atoms with E-state index in [0.717, 1.165) is 14.7 Å². The number of carbonyl (C=O) groups is 1. The number of aromatic nitrogens is 1. The fraction of sp³-hybridized carbons (Fsp3) is 0.286. The van der Waals surface area contributed by atoms with Crippen molar-refractivity contribution in [1.29, 1.82) is 0 Å². The van der Waals surface area contributed by atoms with E-state index < -0.39 is 12.0 Å². The lowest BCUT2D eigenvalue weighted by atomic mass is 9.95. The van der Waals surface area contributed by atoms with Crippen molar-refractivity contribution >= 4 is 57.6 Å². The van der Waals surface area contributed by atoms with Crippen LogP contribution in [0.3, 0.4) is 0 Å². The highest BCUT2D eigenvalue weighted by molar-refractivity contribution is 14.1. The fourth-order valence-corrected chi connectivity index (χ4v) is 7.12. The van der Waals surface area contributed by atoms with Gasteiger partial charge in [0.15, 0.2) is 27.8 Å². The molecule has 0 radical (unpaired) electrons. The van der Waals surface area contributed by atoms with Crippen molar-refractivity contribution in [2.75, 3.05) is 20.8 Å². The van der Waals surface area contributed by atoms with E-state index in [2.05, 4.69) is 27.6 Å². The van der Waals surface area contributed by atoms with E-state index in [0.29, 0.717) is 55.2 Å². The van der Waals surface area contributed by atoms with Gasteiger partial charge in [0.05, 0.1) is 52.3 Å². The summed E-state index contributed by atoms with van der Waals surface area (Å²) in [6.07, 6.45) is 1.72. The number of ether oxygens (including phenoxy) is 5. The molecule has 1 aliphatic rings. The van der Waals surface area contributed by atoms with Crippen LogP contribution in [-0.4, -0.2) is 37.5 Å². The number of hydrogen-bond acceptors (Lipinski definition) is 9. The topological polar surface area (TPSA) is 97.6 Å². The quantitative estimate of drug-likeness (QED) is 0.128. The molecule has 3 aromatic carbocycles. The lowest BCUT2D eigenvalue weighted by Crippen LogP contribution is -2.40. The van der Waals surface area contributed by atoms with E-state index in [-0.39, 0.29) is 23.8 Å². The maximum atomic E-state index is 14.2. The number of rotatable bonds is 11. The SMILES string of the molecule is CCOC(=O)C1=C(C)N=c2s/c(=C/c3cc(I)c(OCc4ccc(Cl)cc4)c(OC)c3)c(=O)n2[C@@H]1c1ccc(OC(C)C)c(OC)c1. The first-order valence-electron chi connectivity index (χ1n) is 14.8. The molecule has 0 unspecified atom stereocenters. The molecule has 0 saturated carbocycles. The Hall–Kier alpha value is -3.81. The number of methoxy groups -OCH3 is 2. The summed E-state index contributed by atoms with van der Waals surface area (Å²) in [7, 11) is 3.12. The predicted octanol–water partition coefficient (Wildman–Crippen LogP) is 6.44. The number of carbonyl (C=O) groups excluding carboxylic acids is 1. The number of esters is 1. The zero-order valence-corrected chi connectivity index (χ0v) is 30.5. The summed E-state index contributed by atoms with van der Waals surface area (Å²) >= 11 is 9.45. The molecule has 1 atom stereocenters. The minimum atomic E-state index is -0.798. The Kier molecular flexibility index (Phi) is 11.0. The average molecular weight is 789 g/mol. The largest absolute Gasteiger partial charge is 0.493 e. The Labute approximate surface area is 295 Å². The highest BCUT2D eigenvalue weighted by Crippen LogP contribution is 2.37. The van der Waals surface area contributed by atoms with E-state index in [1.807, 2.05) is 56.3 Å². The summed E-state index contributed by atoms with van der Waals surface area (Å²) in [5.41, 5.74) is 2.81. The minimum absolute atomic E-state index is 0.0737. The summed E-state index contributed by atoms with van der Waals surface area (Å²) < 4.78 is 31.6. The van der Waals surface area contributed by atoms with Gasteiger partial charge in [-0.05, 0) is 109 Å². The van der Waals surface area contributed by atoms with Gasteiger partial charge in [-0.2, -0.15) is 0 Å². The van der Waals surface area contributed by atoms with Gasteiger partial charge in [0.25, 0.3) is 5.56 Å². The van der Waals surface area contributed by atoms with Crippen LogP contribution in [0.1, 0.15) is 50.4 Å². The Morgan fingerprint density at radius 2 is 1.79 bits per heavy atom. The molecular formula is C35H34ClIN2O7S. The molecule has 0 aliphatic carbocycles. The molecule has 0 amide bonds. The molecule has 0 spiro atoms. The third-order valence-electron chi connectivity index (χ3n) is 7.23. The van der Waals surface area contributed by atoms with Crippen LogP contribution in [0.15, 0.2) is 75.7 Å². The van der Waals surface area contributed by atoms with E-state index in [1.165, 1.54) is 11.3 Å². The first kappa shape index (κ1) is 34.5. The number of thiazole rings is 1. The first-order valence-corrected chi connectivity index (χ1v) is 17.1. The standard InChI is InChI=1S/C35H34ClIN2O7S/c1-7-44-34(41)30-20(4)38-35-39(31(30)23-10-13-26(46-19(2)3)27(17-23)42-5)33(40)29(47-35)16-22-14-25(37)32(28(15-22)43-6)45-18-21-8-11-24(36)12-9-21/h8-17,19,31H,7,18H2,1-6H3/b29-16+/t31-/m1/s1. The lowest BCUT2D eigenvalue weighted by molar-refractivity contribution is -0.139. The van der Waals surface area contributed by atoms with E-state index in [9.17, 15) is 9.59 Å². The van der Waals surface area contributed by atoms with Crippen LogP contribution in [0, 0.1) is 3.57 Å². The zero-order valence-electron chi connectivity index (χ0n) is 26.8. The van der Waals surface area contributed by atoms with Crippen LogP contribution in [0.2, 0.25) is 5.02 Å². The normalized spacial score (nSPS) is 14.5. The number of fused-ring (bicyclic) bond motifs is 1. The maximum absolute atomic E-state index is 14.2. The molecule has 5 rings (SSSR count). The first-order chi connectivity index (χ1) is 22.5. The van der Waals surface area contributed by atoms with Crippen molar-refractivity contribution < 1.29 is 28.5 Å². The van der Waals surface area contributed by atoms with Gasteiger partial charge in [0.2, 0.25) is 0 Å². The van der Waals surface area contributed by atoms with Gasteiger partial charge in [0.1, 0.15) is 6.61 Å². The molecule has 0 fully saturated rings. The number of nitrogens with zero attached hydrogens (tertiary/aromatic N) is 2. The zero-order chi connectivity index (χ0) is 33.8. The van der Waals surface area contributed by atoms with Gasteiger partial charge < -0.3 is 23.7 Å². The van der Waals surface area contributed by atoms with Gasteiger partial charge in [-0.1, -0.05) is 41.1 Å². The van der Waals surface area contributed by atoms with Gasteiger partial charge in [-0.25, -0.2) is 9.79 Å². The van der Waals surface area contributed by atoms with E-state index >= 15 is 0 Å². The second-order valence-corrected chi connectivity index (χ2v) is 13.4. The predicted molar refractivity (Wildman–Crippen MR) is 191 cm³/mol. The third kappa shape index (κ3) is 7.52. The van der Waals surface area contributed by atoms with Crippen LogP contribution in [0.5, 0.6) is 23.0 Å². The number of halogens is 2. The second kappa shape index (κ2) is 15.0. The lowest BCUT2D eigenvalue weighted by Gasteiger charge is -2.25. The number of benzene rings is 3. The van der Waals surface area contributed by atoms with Crippen LogP contribution in [-0.2, 0) is 16.1 Å². The highest BCUT2D eigenvalue weighted by Gasteiger charge is 2.34. The molecule has 246 valence electrons. The van der Waals surface area contributed by atoms with Crippen molar-refractivity contribution in [2.24, 2.45) is 4.99 Å². The summed E-state index contributed by atoms with van der Waals surface area (Å²) in [6.45, 7) is 7.85. The van der Waals surface area contributed by atoms with Gasteiger partial charge in [-0.15, -0.1) is 0 Å². The van der Waals surface area contributed by atoms with E-state index in [4.69, 9.17) is 35.3 Å². The Bertz CT molecular complexity index is 2020. The Morgan fingerprint density at radius 1 is 1.06 bits per heavy atom. The monoisotopic (exact) mass is 788 g/mol. The summed E-state index contributed by atoms with van der Waals surface area (Å²) in [5.74, 6) is 1.62. The van der Waals surface area contributed by atoms with Crippen LogP contribution in [0.4, 0.5) is 0 Å². The molecule has 9 nitrogen and oxygen atoms in total. The summed E-state index contributed by atoms with van der Waals surface area (Å²) in [5, 5.41) is 0.656. The summed E-state index contributed by atoms with van der Waals surface area (Å²) in [4.78, 5) is 32.6. The highest BCUT2D eigenvalue weighted by atomic mass is 127. The van der Waals surface area contributed by atoms with Crippen molar-refractivity contribution in [3.05, 3.63) is 111 Å². The molecule has 2 heterocycles. The third-order valence-corrected chi connectivity index (χ3v) is 9.27. The van der Waals surface area contributed by atoms with E-state index in [1.54, 1.807) is 50.8 Å².